The highest BCUT2D eigenvalue weighted by atomic mass is 32.2. The molecule has 1 unspecified atom stereocenters. The molecule has 3 aromatic rings. The second-order valence-electron chi connectivity index (χ2n) is 8.96. The third-order valence-electron chi connectivity index (χ3n) is 6.48. The van der Waals surface area contributed by atoms with E-state index in [0.29, 0.717) is 23.6 Å². The largest absolute Gasteiger partial charge is 0.297 e. The molecule has 0 amide bonds. The van der Waals surface area contributed by atoms with E-state index in [1.807, 2.05) is 6.07 Å². The fourth-order valence-electron chi connectivity index (χ4n) is 4.60. The summed E-state index contributed by atoms with van der Waals surface area (Å²) in [5.41, 5.74) is 0.865. The predicted molar refractivity (Wildman–Crippen MR) is 127 cm³/mol. The first-order chi connectivity index (χ1) is 16.3. The number of aromatic nitrogens is 3. The van der Waals surface area contributed by atoms with Crippen LogP contribution < -0.4 is 5.56 Å². The van der Waals surface area contributed by atoms with Gasteiger partial charge < -0.3 is 0 Å². The predicted octanol–water partition coefficient (Wildman–Crippen LogP) is 3.39. The maximum absolute atomic E-state index is 13.4. The molecule has 1 aliphatic carbocycles. The zero-order valence-electron chi connectivity index (χ0n) is 19.0. The molecule has 8 nitrogen and oxygen atoms in total. The number of Topliss-reactive ketones (excluding diaryl/α,β-unsaturated/α-hetero) is 1. The van der Waals surface area contributed by atoms with Gasteiger partial charge in [-0.3, -0.25) is 19.1 Å². The number of ketones is 1. The maximum atomic E-state index is 13.4. The Morgan fingerprint density at radius 3 is 2.59 bits per heavy atom. The molecule has 176 valence electrons. The van der Waals surface area contributed by atoms with Crippen LogP contribution in [0.2, 0.25) is 0 Å². The molecule has 1 saturated carbocycles. The topological polar surface area (TPSA) is 123 Å². The van der Waals surface area contributed by atoms with Crippen LogP contribution in [0, 0.1) is 17.2 Å². The molecule has 1 atom stereocenters. The van der Waals surface area contributed by atoms with E-state index in [1.54, 1.807) is 12.1 Å². The molecule has 0 bridgehead atoms. The van der Waals surface area contributed by atoms with Crippen molar-refractivity contribution in [1.29, 1.82) is 5.26 Å². The summed E-state index contributed by atoms with van der Waals surface area (Å²) in [4.78, 5) is 35.5. The van der Waals surface area contributed by atoms with Crippen molar-refractivity contribution in [2.45, 2.75) is 55.9 Å². The van der Waals surface area contributed by atoms with Crippen molar-refractivity contribution in [3.05, 3.63) is 64.5 Å². The van der Waals surface area contributed by atoms with Crippen LogP contribution in [-0.4, -0.2) is 35.0 Å². The van der Waals surface area contributed by atoms with Gasteiger partial charge in [0, 0.05) is 18.1 Å². The fraction of sp³-hybridized carbons (Fsp3) is 0.400. The number of carbonyl (C=O) groups excluding carboxylic acids is 1. The first kappa shape index (κ1) is 23.8. The summed E-state index contributed by atoms with van der Waals surface area (Å²) in [6, 6.07) is 8.83. The molecule has 1 aliphatic rings. The van der Waals surface area contributed by atoms with Gasteiger partial charge in [0.25, 0.3) is 5.56 Å². The number of carbonyl (C=O) groups is 1. The van der Waals surface area contributed by atoms with Crippen LogP contribution >= 0.6 is 0 Å². The van der Waals surface area contributed by atoms with E-state index in [-0.39, 0.29) is 33.6 Å². The van der Waals surface area contributed by atoms with E-state index in [2.05, 4.69) is 9.97 Å². The second kappa shape index (κ2) is 9.85. The Labute approximate surface area is 198 Å². The monoisotopic (exact) mass is 478 g/mol. The average molecular weight is 479 g/mol. The lowest BCUT2D eigenvalue weighted by Gasteiger charge is -2.27. The molecule has 0 N–H and O–H groups in total. The number of benzene rings is 1. The summed E-state index contributed by atoms with van der Waals surface area (Å²) in [6.45, 7) is 0. The first-order valence-electron chi connectivity index (χ1n) is 11.3. The fourth-order valence-corrected chi connectivity index (χ4v) is 5.24. The maximum Gasteiger partial charge on any atom is 0.261 e. The number of pyridine rings is 1. The van der Waals surface area contributed by atoms with Crippen molar-refractivity contribution in [2.24, 2.45) is 5.92 Å². The molecule has 0 radical (unpaired) electrons. The molecular formula is C25H26N4O4S. The molecule has 0 saturated heterocycles. The van der Waals surface area contributed by atoms with E-state index >= 15 is 0 Å². The van der Waals surface area contributed by atoms with Crippen LogP contribution in [0.5, 0.6) is 0 Å². The second-order valence-corrected chi connectivity index (χ2v) is 11.0. The van der Waals surface area contributed by atoms with E-state index < -0.39 is 15.9 Å². The number of rotatable bonds is 7. The Bertz CT molecular complexity index is 1420. The number of nitrogens with zero attached hydrogens (tertiary/aromatic N) is 4. The van der Waals surface area contributed by atoms with Crippen LogP contribution in [0.1, 0.15) is 55.8 Å². The standard InChI is InChI=1S/C25H26N4O4S/c1-34(32,33)20-9-10-21-22(13-20)28-16-29(25(21)31)23(11-17-5-3-2-4-6-17)24(30)12-19-8-7-18(14-26)15-27-19/h7-10,13,15-17,23H,2-6,11-12H2,1H3. The number of hydrogen-bond donors (Lipinski definition) is 0. The third kappa shape index (κ3) is 5.23. The Kier molecular flexibility index (Phi) is 6.89. The Balaban J connectivity index is 1.71. The summed E-state index contributed by atoms with van der Waals surface area (Å²) in [6.07, 6.45) is 9.93. The van der Waals surface area contributed by atoms with Crippen molar-refractivity contribution in [3.8, 4) is 6.07 Å². The first-order valence-corrected chi connectivity index (χ1v) is 13.2. The van der Waals surface area contributed by atoms with Gasteiger partial charge >= 0.3 is 0 Å². The Morgan fingerprint density at radius 2 is 1.94 bits per heavy atom. The van der Waals surface area contributed by atoms with Gasteiger partial charge in [0.15, 0.2) is 15.6 Å². The minimum atomic E-state index is -3.44. The van der Waals surface area contributed by atoms with Crippen molar-refractivity contribution in [2.75, 3.05) is 6.26 Å². The molecule has 1 aromatic carbocycles. The number of hydrogen-bond acceptors (Lipinski definition) is 7. The Morgan fingerprint density at radius 1 is 1.18 bits per heavy atom. The lowest BCUT2D eigenvalue weighted by atomic mass is 9.83. The van der Waals surface area contributed by atoms with E-state index in [9.17, 15) is 18.0 Å². The van der Waals surface area contributed by atoms with Crippen LogP contribution in [0.4, 0.5) is 0 Å². The van der Waals surface area contributed by atoms with Gasteiger partial charge in [-0.1, -0.05) is 32.1 Å². The molecule has 9 heteroatoms. The highest BCUT2D eigenvalue weighted by Crippen LogP contribution is 2.31. The van der Waals surface area contributed by atoms with Crippen molar-refractivity contribution >= 4 is 26.5 Å². The molecule has 4 rings (SSSR count). The molecule has 34 heavy (non-hydrogen) atoms. The third-order valence-corrected chi connectivity index (χ3v) is 7.59. The molecule has 2 aromatic heterocycles. The summed E-state index contributed by atoms with van der Waals surface area (Å²) < 4.78 is 25.2. The summed E-state index contributed by atoms with van der Waals surface area (Å²) in [5, 5.41) is 9.24. The minimum absolute atomic E-state index is 0.0423. The lowest BCUT2D eigenvalue weighted by molar-refractivity contribution is -0.122. The molecule has 0 aliphatic heterocycles. The number of nitriles is 1. The van der Waals surface area contributed by atoms with Crippen molar-refractivity contribution in [3.63, 3.8) is 0 Å². The van der Waals surface area contributed by atoms with Gasteiger partial charge in [0.1, 0.15) is 6.07 Å². The summed E-state index contributed by atoms with van der Waals surface area (Å²) in [5.74, 6) is 0.200. The van der Waals surface area contributed by atoms with Crippen LogP contribution in [0.15, 0.2) is 52.5 Å². The molecular weight excluding hydrogens is 452 g/mol. The smallest absolute Gasteiger partial charge is 0.261 e. The molecule has 2 heterocycles. The van der Waals surface area contributed by atoms with E-state index in [1.165, 1.54) is 41.7 Å². The van der Waals surface area contributed by atoms with Crippen LogP contribution in [0.3, 0.4) is 0 Å². The number of fused-ring (bicyclic) bond motifs is 1. The summed E-state index contributed by atoms with van der Waals surface area (Å²) >= 11 is 0. The SMILES string of the molecule is CS(=O)(=O)c1ccc2c(=O)n(C(CC3CCCCC3)C(=O)Cc3ccc(C#N)cn3)cnc2c1. The summed E-state index contributed by atoms with van der Waals surface area (Å²) in [7, 11) is -3.44. The van der Waals surface area contributed by atoms with Gasteiger partial charge in [-0.25, -0.2) is 13.4 Å². The van der Waals surface area contributed by atoms with Crippen LogP contribution in [0.25, 0.3) is 10.9 Å². The molecule has 0 spiro atoms. The van der Waals surface area contributed by atoms with Gasteiger partial charge in [-0.05, 0) is 42.7 Å². The van der Waals surface area contributed by atoms with Crippen molar-refractivity contribution < 1.29 is 13.2 Å². The lowest BCUT2D eigenvalue weighted by Crippen LogP contribution is -2.33. The van der Waals surface area contributed by atoms with Crippen LogP contribution in [-0.2, 0) is 21.1 Å². The quantitative estimate of drug-likeness (QED) is 0.510. The zero-order valence-corrected chi connectivity index (χ0v) is 19.8. The van der Waals surface area contributed by atoms with Gasteiger partial charge in [-0.2, -0.15) is 5.26 Å². The number of sulfone groups is 1. The van der Waals surface area contributed by atoms with Crippen molar-refractivity contribution in [1.82, 2.24) is 14.5 Å². The van der Waals surface area contributed by atoms with Gasteiger partial charge in [0.05, 0.1) is 40.2 Å². The highest BCUT2D eigenvalue weighted by molar-refractivity contribution is 7.90. The molecule has 1 fully saturated rings. The average Bonchev–Trinajstić information content (AvgIpc) is 2.83. The minimum Gasteiger partial charge on any atom is -0.297 e. The van der Waals surface area contributed by atoms with E-state index in [0.717, 1.165) is 31.9 Å². The van der Waals surface area contributed by atoms with Gasteiger partial charge in [0.2, 0.25) is 0 Å². The van der Waals surface area contributed by atoms with E-state index in [4.69, 9.17) is 5.26 Å². The Hall–Kier alpha value is -3.38. The normalized spacial score (nSPS) is 15.6. The highest BCUT2D eigenvalue weighted by Gasteiger charge is 2.27. The van der Waals surface area contributed by atoms with Gasteiger partial charge in [-0.15, -0.1) is 0 Å². The zero-order chi connectivity index (χ0) is 24.3.